The third-order valence-corrected chi connectivity index (χ3v) is 6.00. The predicted molar refractivity (Wildman–Crippen MR) is 104 cm³/mol. The molecular formula is C19H23N3O3S. The maximum absolute atomic E-state index is 12.5. The Morgan fingerprint density at radius 1 is 1.23 bits per heavy atom. The number of nitrogens with zero attached hydrogens (tertiary/aromatic N) is 2. The molecule has 1 amide bonds. The summed E-state index contributed by atoms with van der Waals surface area (Å²) in [5, 5.41) is 0.413. The molecule has 1 aliphatic heterocycles. The molecule has 1 unspecified atom stereocenters. The highest BCUT2D eigenvalue weighted by Gasteiger charge is 2.22. The number of carbonyl (C=O) groups excluding carboxylic acids is 1. The van der Waals surface area contributed by atoms with Crippen molar-refractivity contribution < 1.29 is 4.79 Å². The number of H-pyrrole nitrogens is 1. The summed E-state index contributed by atoms with van der Waals surface area (Å²) >= 11 is 1.90. The summed E-state index contributed by atoms with van der Waals surface area (Å²) in [6.07, 6.45) is 2.62. The fourth-order valence-electron chi connectivity index (χ4n) is 3.21. The van der Waals surface area contributed by atoms with Crippen molar-refractivity contribution in [2.75, 3.05) is 18.8 Å². The molecule has 1 aromatic heterocycles. The summed E-state index contributed by atoms with van der Waals surface area (Å²) < 4.78 is 1.36. The molecule has 1 saturated heterocycles. The van der Waals surface area contributed by atoms with Crippen LogP contribution in [-0.2, 0) is 11.3 Å². The largest absolute Gasteiger partial charge is 0.342 e. The van der Waals surface area contributed by atoms with Crippen LogP contribution in [0.1, 0.15) is 29.2 Å². The summed E-state index contributed by atoms with van der Waals surface area (Å²) in [6, 6.07) is 9.72. The van der Waals surface area contributed by atoms with E-state index in [9.17, 15) is 14.4 Å². The van der Waals surface area contributed by atoms with Gasteiger partial charge in [-0.25, -0.2) is 4.79 Å². The average molecular weight is 373 g/mol. The minimum atomic E-state index is -0.476. The molecular weight excluding hydrogens is 350 g/mol. The minimum absolute atomic E-state index is 0.0501. The van der Waals surface area contributed by atoms with Crippen LogP contribution in [0.4, 0.5) is 0 Å². The summed E-state index contributed by atoms with van der Waals surface area (Å²) in [5.74, 6) is 0.956. The quantitative estimate of drug-likeness (QED) is 0.889. The topological polar surface area (TPSA) is 75.2 Å². The Morgan fingerprint density at radius 3 is 2.81 bits per heavy atom. The molecule has 3 rings (SSSR count). The number of carbonyl (C=O) groups is 1. The Balaban J connectivity index is 1.58. The number of aryl methyl sites for hydroxylation is 2. The smallest absolute Gasteiger partial charge is 0.328 e. The number of hydrogen-bond acceptors (Lipinski definition) is 4. The van der Waals surface area contributed by atoms with E-state index in [1.54, 1.807) is 0 Å². The zero-order chi connectivity index (χ0) is 18.5. The van der Waals surface area contributed by atoms with E-state index in [1.165, 1.54) is 28.0 Å². The van der Waals surface area contributed by atoms with Crippen molar-refractivity contribution in [3.05, 3.63) is 68.5 Å². The molecule has 2 aromatic rings. The van der Waals surface area contributed by atoms with Gasteiger partial charge in [0.25, 0.3) is 5.56 Å². The van der Waals surface area contributed by atoms with E-state index in [1.807, 2.05) is 16.7 Å². The summed E-state index contributed by atoms with van der Waals surface area (Å²) in [7, 11) is 0. The molecule has 0 spiro atoms. The number of aromatic nitrogens is 2. The van der Waals surface area contributed by atoms with Crippen LogP contribution in [0.3, 0.4) is 0 Å². The number of nitrogens with one attached hydrogen (secondary N) is 1. The third kappa shape index (κ3) is 4.46. The highest BCUT2D eigenvalue weighted by atomic mass is 32.2. The Bertz CT molecular complexity index is 890. The molecule has 0 radical (unpaired) electrons. The fourth-order valence-corrected chi connectivity index (χ4v) is 4.54. The lowest BCUT2D eigenvalue weighted by Crippen LogP contribution is -2.35. The summed E-state index contributed by atoms with van der Waals surface area (Å²) in [4.78, 5) is 39.4. The van der Waals surface area contributed by atoms with E-state index < -0.39 is 11.2 Å². The molecule has 0 bridgehead atoms. The first-order valence-electron chi connectivity index (χ1n) is 8.79. The van der Waals surface area contributed by atoms with E-state index in [2.05, 4.69) is 36.2 Å². The maximum atomic E-state index is 12.5. The molecule has 1 aliphatic rings. The van der Waals surface area contributed by atoms with Crippen molar-refractivity contribution in [1.29, 1.82) is 0 Å². The van der Waals surface area contributed by atoms with Crippen LogP contribution in [0.15, 0.2) is 46.1 Å². The molecule has 1 aromatic carbocycles. The van der Waals surface area contributed by atoms with Crippen molar-refractivity contribution in [1.82, 2.24) is 14.5 Å². The first-order valence-corrected chi connectivity index (χ1v) is 9.84. The number of aromatic amines is 1. The van der Waals surface area contributed by atoms with Crippen molar-refractivity contribution in [3.8, 4) is 0 Å². The summed E-state index contributed by atoms with van der Waals surface area (Å²) in [5.41, 5.74) is 1.74. The second kappa shape index (κ2) is 8.40. The standard InChI is InChI=1S/C19H23N3O3S/c1-14-4-2-3-5-15(14)16-6-9-21(12-13-26-16)18(24)8-11-22-10-7-17(23)20-19(22)25/h2-5,7,10,16H,6,8-9,11-13H2,1H3,(H,20,23,25). The molecule has 138 valence electrons. The first kappa shape index (κ1) is 18.5. The first-order chi connectivity index (χ1) is 12.5. The van der Waals surface area contributed by atoms with Gasteiger partial charge in [0.1, 0.15) is 0 Å². The van der Waals surface area contributed by atoms with Gasteiger partial charge < -0.3 is 9.47 Å². The normalized spacial score (nSPS) is 17.7. The Kier molecular flexibility index (Phi) is 5.98. The van der Waals surface area contributed by atoms with E-state index in [-0.39, 0.29) is 18.9 Å². The van der Waals surface area contributed by atoms with Crippen LogP contribution >= 0.6 is 11.8 Å². The third-order valence-electron chi connectivity index (χ3n) is 4.69. The van der Waals surface area contributed by atoms with Gasteiger partial charge in [-0.05, 0) is 24.5 Å². The van der Waals surface area contributed by atoms with Crippen molar-refractivity contribution in [3.63, 3.8) is 0 Å². The number of hydrogen-bond donors (Lipinski definition) is 1. The van der Waals surface area contributed by atoms with Gasteiger partial charge in [-0.3, -0.25) is 14.6 Å². The Labute approximate surface area is 156 Å². The maximum Gasteiger partial charge on any atom is 0.328 e. The highest BCUT2D eigenvalue weighted by molar-refractivity contribution is 7.99. The predicted octanol–water partition coefficient (Wildman–Crippen LogP) is 1.94. The highest BCUT2D eigenvalue weighted by Crippen LogP contribution is 2.35. The lowest BCUT2D eigenvalue weighted by atomic mass is 10.0. The number of amides is 1. The second-order valence-electron chi connectivity index (χ2n) is 6.44. The SMILES string of the molecule is Cc1ccccc1C1CCN(C(=O)CCn2ccc(=O)[nH]c2=O)CCS1. The monoisotopic (exact) mass is 373 g/mol. The van der Waals surface area contributed by atoms with Crippen LogP contribution in [0.2, 0.25) is 0 Å². The second-order valence-corrected chi connectivity index (χ2v) is 7.75. The van der Waals surface area contributed by atoms with Crippen LogP contribution in [0.5, 0.6) is 0 Å². The molecule has 6 nitrogen and oxygen atoms in total. The van der Waals surface area contributed by atoms with Gasteiger partial charge in [0, 0.05) is 49.3 Å². The number of benzene rings is 1. The molecule has 26 heavy (non-hydrogen) atoms. The van der Waals surface area contributed by atoms with Crippen LogP contribution in [0, 0.1) is 6.92 Å². The zero-order valence-corrected chi connectivity index (χ0v) is 15.6. The molecule has 0 aliphatic carbocycles. The molecule has 0 saturated carbocycles. The van der Waals surface area contributed by atoms with Gasteiger partial charge in [-0.15, -0.1) is 0 Å². The van der Waals surface area contributed by atoms with E-state index >= 15 is 0 Å². The lowest BCUT2D eigenvalue weighted by molar-refractivity contribution is -0.131. The summed E-state index contributed by atoms with van der Waals surface area (Å²) in [6.45, 7) is 3.86. The molecule has 1 atom stereocenters. The van der Waals surface area contributed by atoms with E-state index in [0.29, 0.717) is 5.25 Å². The lowest BCUT2D eigenvalue weighted by Gasteiger charge is -2.21. The van der Waals surface area contributed by atoms with Crippen molar-refractivity contribution in [2.45, 2.75) is 31.6 Å². The van der Waals surface area contributed by atoms with Gasteiger partial charge in [0.15, 0.2) is 0 Å². The number of thioether (sulfide) groups is 1. The molecule has 1 fully saturated rings. The van der Waals surface area contributed by atoms with E-state index in [0.717, 1.165) is 25.3 Å². The zero-order valence-electron chi connectivity index (χ0n) is 14.8. The van der Waals surface area contributed by atoms with Gasteiger partial charge in [-0.1, -0.05) is 24.3 Å². The van der Waals surface area contributed by atoms with E-state index in [4.69, 9.17) is 0 Å². The average Bonchev–Trinajstić information content (AvgIpc) is 2.87. The minimum Gasteiger partial charge on any atom is -0.342 e. The molecule has 1 N–H and O–H groups in total. The van der Waals surface area contributed by atoms with Gasteiger partial charge >= 0.3 is 5.69 Å². The fraction of sp³-hybridized carbons (Fsp3) is 0.421. The van der Waals surface area contributed by atoms with Gasteiger partial charge in [0.05, 0.1) is 0 Å². The Hall–Kier alpha value is -2.28. The Morgan fingerprint density at radius 2 is 2.04 bits per heavy atom. The molecule has 7 heteroatoms. The van der Waals surface area contributed by atoms with Crippen LogP contribution in [0.25, 0.3) is 0 Å². The van der Waals surface area contributed by atoms with Crippen molar-refractivity contribution >= 4 is 17.7 Å². The van der Waals surface area contributed by atoms with Crippen LogP contribution < -0.4 is 11.2 Å². The van der Waals surface area contributed by atoms with Crippen LogP contribution in [-0.4, -0.2) is 39.2 Å². The van der Waals surface area contributed by atoms with Gasteiger partial charge in [-0.2, -0.15) is 11.8 Å². The van der Waals surface area contributed by atoms with Gasteiger partial charge in [0.2, 0.25) is 5.91 Å². The molecule has 2 heterocycles. The number of rotatable bonds is 4. The van der Waals surface area contributed by atoms with Crippen molar-refractivity contribution in [2.24, 2.45) is 0 Å².